The number of nitrogens with one attached hydrogen (secondary N) is 1. The predicted octanol–water partition coefficient (Wildman–Crippen LogP) is 5.26. The van der Waals surface area contributed by atoms with E-state index in [2.05, 4.69) is 15.3 Å². The first kappa shape index (κ1) is 15.7. The van der Waals surface area contributed by atoms with Crippen LogP contribution in [0.2, 0.25) is 5.02 Å². The first-order chi connectivity index (χ1) is 12.2. The van der Waals surface area contributed by atoms with Crippen LogP contribution < -0.4 is 5.32 Å². The van der Waals surface area contributed by atoms with Gasteiger partial charge in [0, 0.05) is 23.6 Å². The molecule has 2 heterocycles. The number of anilines is 1. The molecule has 0 atom stereocenters. The van der Waals surface area contributed by atoms with Gasteiger partial charge in [-0.15, -0.1) is 11.3 Å². The lowest BCUT2D eigenvalue weighted by molar-refractivity contribution is 0.102. The monoisotopic (exact) mass is 365 g/mol. The van der Waals surface area contributed by atoms with E-state index in [-0.39, 0.29) is 5.91 Å². The minimum Gasteiger partial charge on any atom is -0.322 e. The molecule has 0 aliphatic heterocycles. The molecular formula is C19H12ClN3OS. The van der Waals surface area contributed by atoms with Crippen LogP contribution in [0, 0.1) is 0 Å². The fraction of sp³-hybridized carbons (Fsp3) is 0. The van der Waals surface area contributed by atoms with Crippen LogP contribution in [0.5, 0.6) is 0 Å². The molecule has 2 aromatic heterocycles. The first-order valence-electron chi connectivity index (χ1n) is 7.57. The van der Waals surface area contributed by atoms with E-state index in [0.29, 0.717) is 16.3 Å². The second-order valence-electron chi connectivity index (χ2n) is 5.38. The Morgan fingerprint density at radius 1 is 1.08 bits per heavy atom. The largest absolute Gasteiger partial charge is 0.322 e. The number of carbonyl (C=O) groups excluding carboxylic acids is 1. The Morgan fingerprint density at radius 2 is 1.96 bits per heavy atom. The summed E-state index contributed by atoms with van der Waals surface area (Å²) in [7, 11) is 0. The second-order valence-corrected chi connectivity index (χ2v) is 6.82. The standard InChI is InChI=1S/C19H12ClN3OS/c20-15-8-7-13(22-18(24)12-4-3-9-21-11-12)10-14(15)19-23-16-5-1-2-6-17(16)25-19/h1-11H,(H,22,24). The van der Waals surface area contributed by atoms with Crippen molar-refractivity contribution in [3.05, 3.63) is 77.6 Å². The van der Waals surface area contributed by atoms with Gasteiger partial charge in [-0.05, 0) is 42.5 Å². The summed E-state index contributed by atoms with van der Waals surface area (Å²) in [4.78, 5) is 20.9. The summed E-state index contributed by atoms with van der Waals surface area (Å²) in [5, 5.41) is 4.29. The average Bonchev–Trinajstić information content (AvgIpc) is 3.08. The maximum absolute atomic E-state index is 12.3. The zero-order chi connectivity index (χ0) is 17.2. The van der Waals surface area contributed by atoms with E-state index in [1.54, 1.807) is 41.8 Å². The Balaban J connectivity index is 1.68. The van der Waals surface area contributed by atoms with Gasteiger partial charge in [0.05, 0.1) is 20.8 Å². The number of hydrogen-bond acceptors (Lipinski definition) is 4. The van der Waals surface area contributed by atoms with Crippen LogP contribution in [0.15, 0.2) is 67.0 Å². The molecule has 0 saturated heterocycles. The van der Waals surface area contributed by atoms with Crippen LogP contribution in [0.1, 0.15) is 10.4 Å². The molecular weight excluding hydrogens is 354 g/mol. The predicted molar refractivity (Wildman–Crippen MR) is 102 cm³/mol. The zero-order valence-electron chi connectivity index (χ0n) is 12.9. The third-order valence-electron chi connectivity index (χ3n) is 3.67. The van der Waals surface area contributed by atoms with Crippen LogP contribution in [-0.2, 0) is 0 Å². The molecule has 1 amide bonds. The van der Waals surface area contributed by atoms with Gasteiger partial charge in [-0.1, -0.05) is 23.7 Å². The molecule has 25 heavy (non-hydrogen) atoms. The fourth-order valence-corrected chi connectivity index (χ4v) is 3.71. The smallest absolute Gasteiger partial charge is 0.257 e. The molecule has 0 radical (unpaired) electrons. The van der Waals surface area contributed by atoms with E-state index in [1.807, 2.05) is 30.3 Å². The summed E-state index contributed by atoms with van der Waals surface area (Å²) in [5.74, 6) is -0.217. The number of rotatable bonds is 3. The van der Waals surface area contributed by atoms with Gasteiger partial charge in [0.15, 0.2) is 0 Å². The van der Waals surface area contributed by atoms with E-state index in [9.17, 15) is 4.79 Å². The molecule has 4 nitrogen and oxygen atoms in total. The van der Waals surface area contributed by atoms with E-state index < -0.39 is 0 Å². The molecule has 2 aromatic carbocycles. The molecule has 0 spiro atoms. The maximum atomic E-state index is 12.3. The van der Waals surface area contributed by atoms with Gasteiger partial charge >= 0.3 is 0 Å². The number of thiazole rings is 1. The summed E-state index contributed by atoms with van der Waals surface area (Å²) in [5.41, 5.74) is 2.89. The Kier molecular flexibility index (Phi) is 4.17. The Labute approximate surface area is 153 Å². The van der Waals surface area contributed by atoms with Crippen LogP contribution in [-0.4, -0.2) is 15.9 Å². The van der Waals surface area contributed by atoms with Gasteiger partial charge in [0.25, 0.3) is 5.91 Å². The van der Waals surface area contributed by atoms with Crippen molar-refractivity contribution in [1.82, 2.24) is 9.97 Å². The van der Waals surface area contributed by atoms with Crippen molar-refractivity contribution in [2.24, 2.45) is 0 Å². The first-order valence-corrected chi connectivity index (χ1v) is 8.77. The molecule has 0 bridgehead atoms. The van der Waals surface area contributed by atoms with Crippen LogP contribution >= 0.6 is 22.9 Å². The molecule has 0 saturated carbocycles. The number of para-hydroxylation sites is 1. The highest BCUT2D eigenvalue weighted by atomic mass is 35.5. The van der Waals surface area contributed by atoms with Gasteiger partial charge in [-0.25, -0.2) is 4.98 Å². The lowest BCUT2D eigenvalue weighted by Crippen LogP contribution is -2.11. The topological polar surface area (TPSA) is 54.9 Å². The van der Waals surface area contributed by atoms with E-state index in [0.717, 1.165) is 20.8 Å². The number of carbonyl (C=O) groups is 1. The maximum Gasteiger partial charge on any atom is 0.257 e. The van der Waals surface area contributed by atoms with Crippen molar-refractivity contribution in [3.8, 4) is 10.6 Å². The van der Waals surface area contributed by atoms with Gasteiger partial charge in [-0.2, -0.15) is 0 Å². The van der Waals surface area contributed by atoms with Crippen molar-refractivity contribution in [2.45, 2.75) is 0 Å². The molecule has 0 aliphatic rings. The number of amides is 1. The van der Waals surface area contributed by atoms with Gasteiger partial charge < -0.3 is 5.32 Å². The highest BCUT2D eigenvalue weighted by molar-refractivity contribution is 7.21. The number of halogens is 1. The second kappa shape index (κ2) is 6.63. The minimum absolute atomic E-state index is 0.217. The Morgan fingerprint density at radius 3 is 2.76 bits per heavy atom. The molecule has 1 N–H and O–H groups in total. The molecule has 0 aliphatic carbocycles. The highest BCUT2D eigenvalue weighted by Crippen LogP contribution is 2.35. The molecule has 4 aromatic rings. The molecule has 0 fully saturated rings. The summed E-state index contributed by atoms with van der Waals surface area (Å²) in [6.07, 6.45) is 3.16. The summed E-state index contributed by atoms with van der Waals surface area (Å²) < 4.78 is 1.10. The van der Waals surface area contributed by atoms with Gasteiger partial charge in [0.2, 0.25) is 0 Å². The highest BCUT2D eigenvalue weighted by Gasteiger charge is 2.12. The van der Waals surface area contributed by atoms with Crippen molar-refractivity contribution in [3.63, 3.8) is 0 Å². The lowest BCUT2D eigenvalue weighted by Gasteiger charge is -2.07. The van der Waals surface area contributed by atoms with Crippen molar-refractivity contribution < 1.29 is 4.79 Å². The fourth-order valence-electron chi connectivity index (χ4n) is 2.45. The van der Waals surface area contributed by atoms with Crippen LogP contribution in [0.25, 0.3) is 20.8 Å². The van der Waals surface area contributed by atoms with Gasteiger partial charge in [0.1, 0.15) is 5.01 Å². The Hall–Kier alpha value is -2.76. The van der Waals surface area contributed by atoms with Crippen molar-refractivity contribution in [2.75, 3.05) is 5.32 Å². The normalized spacial score (nSPS) is 10.8. The van der Waals surface area contributed by atoms with E-state index in [4.69, 9.17) is 11.6 Å². The number of fused-ring (bicyclic) bond motifs is 1. The van der Waals surface area contributed by atoms with Crippen molar-refractivity contribution >= 4 is 44.7 Å². The molecule has 4 rings (SSSR count). The number of aromatic nitrogens is 2. The lowest BCUT2D eigenvalue weighted by atomic mass is 10.2. The number of hydrogen-bond donors (Lipinski definition) is 1. The molecule has 6 heteroatoms. The number of nitrogens with zero attached hydrogens (tertiary/aromatic N) is 2. The molecule has 0 unspecified atom stereocenters. The minimum atomic E-state index is -0.217. The summed E-state index contributed by atoms with van der Waals surface area (Å²) >= 11 is 7.93. The van der Waals surface area contributed by atoms with Crippen LogP contribution in [0.4, 0.5) is 5.69 Å². The summed E-state index contributed by atoms with van der Waals surface area (Å²) in [6, 6.07) is 16.8. The molecule has 122 valence electrons. The average molecular weight is 366 g/mol. The van der Waals surface area contributed by atoms with Crippen molar-refractivity contribution in [1.29, 1.82) is 0 Å². The Bertz CT molecular complexity index is 1030. The number of pyridine rings is 1. The van der Waals surface area contributed by atoms with E-state index >= 15 is 0 Å². The number of benzene rings is 2. The van der Waals surface area contributed by atoms with E-state index in [1.165, 1.54) is 6.20 Å². The quantitative estimate of drug-likeness (QED) is 0.538. The third kappa shape index (κ3) is 3.24. The zero-order valence-corrected chi connectivity index (χ0v) is 14.5. The van der Waals surface area contributed by atoms with Crippen LogP contribution in [0.3, 0.4) is 0 Å². The van der Waals surface area contributed by atoms with Gasteiger partial charge in [-0.3, -0.25) is 9.78 Å². The summed E-state index contributed by atoms with van der Waals surface area (Å²) in [6.45, 7) is 0. The third-order valence-corrected chi connectivity index (χ3v) is 5.07. The SMILES string of the molecule is O=C(Nc1ccc(Cl)c(-c2nc3ccccc3s2)c1)c1cccnc1.